The zero-order valence-electron chi connectivity index (χ0n) is 21.5. The van der Waals surface area contributed by atoms with Crippen molar-refractivity contribution in [3.05, 3.63) is 81.8 Å². The van der Waals surface area contributed by atoms with Gasteiger partial charge in [0.15, 0.2) is 11.5 Å². The first-order valence-corrected chi connectivity index (χ1v) is 13.5. The maximum Gasteiger partial charge on any atom is 0.254 e. The molecule has 3 aromatic rings. The van der Waals surface area contributed by atoms with Gasteiger partial charge in [0.2, 0.25) is 5.91 Å². The SMILES string of the molecule is CC[C@@H](C)CN(CC(=O)N1CCc2sccc2[C@H]1COc1ccccc1OC)C(=O)c1cccc(F)c1. The van der Waals surface area contributed by atoms with E-state index in [1.165, 1.54) is 23.1 Å². The maximum absolute atomic E-state index is 13.8. The molecule has 4 rings (SSSR count). The third-order valence-corrected chi connectivity index (χ3v) is 7.79. The van der Waals surface area contributed by atoms with Gasteiger partial charge in [-0.15, -0.1) is 11.3 Å². The van der Waals surface area contributed by atoms with Gasteiger partial charge in [-0.1, -0.05) is 38.5 Å². The van der Waals surface area contributed by atoms with Crippen LogP contribution in [0.15, 0.2) is 60.0 Å². The third-order valence-electron chi connectivity index (χ3n) is 6.79. The smallest absolute Gasteiger partial charge is 0.254 e. The molecule has 1 aliphatic rings. The van der Waals surface area contributed by atoms with E-state index >= 15 is 0 Å². The van der Waals surface area contributed by atoms with Gasteiger partial charge in [0.25, 0.3) is 5.91 Å². The van der Waals surface area contributed by atoms with Gasteiger partial charge < -0.3 is 19.3 Å². The number of hydrogen-bond donors (Lipinski definition) is 0. The fourth-order valence-electron chi connectivity index (χ4n) is 4.56. The van der Waals surface area contributed by atoms with Crippen LogP contribution >= 0.6 is 11.3 Å². The number of rotatable bonds is 10. The summed E-state index contributed by atoms with van der Waals surface area (Å²) in [7, 11) is 1.59. The molecule has 2 amide bonds. The van der Waals surface area contributed by atoms with Crippen molar-refractivity contribution in [2.75, 3.05) is 33.4 Å². The Bertz CT molecular complexity index is 1230. The number of fused-ring (bicyclic) bond motifs is 1. The first-order valence-electron chi connectivity index (χ1n) is 12.6. The highest BCUT2D eigenvalue weighted by atomic mass is 32.1. The Morgan fingerprint density at radius 2 is 1.95 bits per heavy atom. The van der Waals surface area contributed by atoms with Gasteiger partial charge in [0, 0.05) is 23.5 Å². The van der Waals surface area contributed by atoms with Crippen LogP contribution in [0, 0.1) is 11.7 Å². The zero-order valence-corrected chi connectivity index (χ0v) is 22.3. The van der Waals surface area contributed by atoms with Gasteiger partial charge in [0.05, 0.1) is 13.2 Å². The standard InChI is InChI=1S/C29H33FN2O4S/c1-4-20(2)17-31(29(34)21-8-7-9-22(30)16-21)18-28(33)32-14-12-27-23(13-15-37-27)24(32)19-36-26-11-6-5-10-25(26)35-3/h5-11,13,15-16,20,24H,4,12,14,17-19H2,1-3H3/t20-,24-/m1/s1. The number of carbonyl (C=O) groups is 2. The van der Waals surface area contributed by atoms with Crippen molar-refractivity contribution in [1.29, 1.82) is 0 Å². The predicted molar refractivity (Wildman–Crippen MR) is 143 cm³/mol. The molecule has 0 radical (unpaired) electrons. The molecule has 0 saturated carbocycles. The highest BCUT2D eigenvalue weighted by Crippen LogP contribution is 2.35. The summed E-state index contributed by atoms with van der Waals surface area (Å²) in [5.41, 5.74) is 1.32. The fraction of sp³-hybridized carbons (Fsp3) is 0.379. The van der Waals surface area contributed by atoms with Gasteiger partial charge in [-0.05, 0) is 59.7 Å². The molecule has 0 spiro atoms. The number of benzene rings is 2. The minimum absolute atomic E-state index is 0.0791. The normalized spacial score (nSPS) is 15.6. The molecule has 0 bridgehead atoms. The topological polar surface area (TPSA) is 59.1 Å². The molecule has 2 aromatic carbocycles. The number of para-hydroxylation sites is 2. The van der Waals surface area contributed by atoms with Crippen LogP contribution in [-0.4, -0.2) is 55.0 Å². The van der Waals surface area contributed by atoms with Crippen molar-refractivity contribution in [3.8, 4) is 11.5 Å². The number of carbonyl (C=O) groups excluding carboxylic acids is 2. The summed E-state index contributed by atoms with van der Waals surface area (Å²) in [5, 5.41) is 2.04. The van der Waals surface area contributed by atoms with Crippen LogP contribution in [0.1, 0.15) is 47.1 Å². The van der Waals surface area contributed by atoms with Crippen LogP contribution in [0.25, 0.3) is 0 Å². The van der Waals surface area contributed by atoms with E-state index in [0.717, 1.165) is 18.4 Å². The summed E-state index contributed by atoms with van der Waals surface area (Å²) in [6, 6.07) is 14.8. The van der Waals surface area contributed by atoms with Crippen molar-refractivity contribution in [3.63, 3.8) is 0 Å². The number of amides is 2. The minimum atomic E-state index is -0.477. The van der Waals surface area contributed by atoms with E-state index in [2.05, 4.69) is 0 Å². The third kappa shape index (κ3) is 6.31. The van der Waals surface area contributed by atoms with E-state index in [-0.39, 0.29) is 42.5 Å². The van der Waals surface area contributed by atoms with E-state index in [4.69, 9.17) is 9.47 Å². The van der Waals surface area contributed by atoms with Crippen LogP contribution in [0.3, 0.4) is 0 Å². The Kier molecular flexibility index (Phi) is 8.82. The molecule has 0 fully saturated rings. The lowest BCUT2D eigenvalue weighted by atomic mass is 10.00. The molecule has 2 heterocycles. The molecule has 0 saturated heterocycles. The molecule has 6 nitrogen and oxygen atoms in total. The minimum Gasteiger partial charge on any atom is -0.493 e. The number of halogens is 1. The zero-order chi connectivity index (χ0) is 26.4. The van der Waals surface area contributed by atoms with Crippen LogP contribution in [-0.2, 0) is 11.2 Å². The van der Waals surface area contributed by atoms with E-state index in [1.807, 2.05) is 54.5 Å². The van der Waals surface area contributed by atoms with Crippen LogP contribution in [0.5, 0.6) is 11.5 Å². The Morgan fingerprint density at radius 1 is 1.16 bits per heavy atom. The van der Waals surface area contributed by atoms with Gasteiger partial charge in [0.1, 0.15) is 19.0 Å². The Labute approximate surface area is 221 Å². The van der Waals surface area contributed by atoms with Crippen molar-refractivity contribution < 1.29 is 23.5 Å². The first kappa shape index (κ1) is 26.7. The van der Waals surface area contributed by atoms with E-state index in [0.29, 0.717) is 24.6 Å². The maximum atomic E-state index is 13.8. The molecule has 196 valence electrons. The van der Waals surface area contributed by atoms with Crippen molar-refractivity contribution in [2.24, 2.45) is 5.92 Å². The average molecular weight is 525 g/mol. The summed E-state index contributed by atoms with van der Waals surface area (Å²) >= 11 is 1.68. The second kappa shape index (κ2) is 12.2. The van der Waals surface area contributed by atoms with Crippen molar-refractivity contribution in [2.45, 2.75) is 32.7 Å². The molecule has 1 aliphatic heterocycles. The Hall–Kier alpha value is -3.39. The monoisotopic (exact) mass is 524 g/mol. The fourth-order valence-corrected chi connectivity index (χ4v) is 5.49. The van der Waals surface area contributed by atoms with Gasteiger partial charge in [-0.3, -0.25) is 9.59 Å². The number of ether oxygens (including phenoxy) is 2. The number of hydrogen-bond acceptors (Lipinski definition) is 5. The quantitative estimate of drug-likeness (QED) is 0.347. The summed E-state index contributed by atoms with van der Waals surface area (Å²) in [6.07, 6.45) is 1.62. The van der Waals surface area contributed by atoms with Crippen LogP contribution < -0.4 is 9.47 Å². The van der Waals surface area contributed by atoms with E-state index in [9.17, 15) is 14.0 Å². The molecule has 0 unspecified atom stereocenters. The second-order valence-corrected chi connectivity index (χ2v) is 10.3. The lowest BCUT2D eigenvalue weighted by Gasteiger charge is -2.37. The molecule has 0 aliphatic carbocycles. The second-order valence-electron chi connectivity index (χ2n) is 9.32. The summed E-state index contributed by atoms with van der Waals surface area (Å²) in [5.74, 6) is 0.457. The van der Waals surface area contributed by atoms with E-state index < -0.39 is 5.82 Å². The van der Waals surface area contributed by atoms with Crippen LogP contribution in [0.2, 0.25) is 0 Å². The molecular weight excluding hydrogens is 491 g/mol. The van der Waals surface area contributed by atoms with Crippen LogP contribution in [0.4, 0.5) is 4.39 Å². The summed E-state index contributed by atoms with van der Waals surface area (Å²) in [6.45, 7) is 5.22. The lowest BCUT2D eigenvalue weighted by molar-refractivity contribution is -0.135. The van der Waals surface area contributed by atoms with Gasteiger partial charge in [-0.25, -0.2) is 4.39 Å². The molecular formula is C29H33FN2O4S. The Morgan fingerprint density at radius 3 is 2.68 bits per heavy atom. The number of methoxy groups -OCH3 is 1. The molecule has 37 heavy (non-hydrogen) atoms. The van der Waals surface area contributed by atoms with Crippen molar-refractivity contribution >= 4 is 23.2 Å². The highest BCUT2D eigenvalue weighted by Gasteiger charge is 2.34. The number of thiophene rings is 1. The summed E-state index contributed by atoms with van der Waals surface area (Å²) in [4.78, 5) is 31.7. The van der Waals surface area contributed by atoms with Crippen molar-refractivity contribution in [1.82, 2.24) is 9.80 Å². The van der Waals surface area contributed by atoms with Gasteiger partial charge >= 0.3 is 0 Å². The molecule has 2 atom stereocenters. The number of nitrogens with zero attached hydrogens (tertiary/aromatic N) is 2. The Balaban J connectivity index is 1.56. The highest BCUT2D eigenvalue weighted by molar-refractivity contribution is 7.10. The van der Waals surface area contributed by atoms with Gasteiger partial charge in [-0.2, -0.15) is 0 Å². The van der Waals surface area contributed by atoms with E-state index in [1.54, 1.807) is 29.4 Å². The molecule has 8 heteroatoms. The lowest BCUT2D eigenvalue weighted by Crippen LogP contribution is -2.48. The predicted octanol–water partition coefficient (Wildman–Crippen LogP) is 5.59. The summed E-state index contributed by atoms with van der Waals surface area (Å²) < 4.78 is 25.4. The first-order chi connectivity index (χ1) is 17.9. The largest absolute Gasteiger partial charge is 0.493 e. The molecule has 1 aromatic heterocycles. The average Bonchev–Trinajstić information content (AvgIpc) is 3.40. The molecule has 0 N–H and O–H groups in total.